The van der Waals surface area contributed by atoms with E-state index < -0.39 is 71.4 Å². The molecule has 1 unspecified atom stereocenters. The summed E-state index contributed by atoms with van der Waals surface area (Å²) >= 11 is 0. The normalized spacial score (nSPS) is 24.1. The second-order valence-corrected chi connectivity index (χ2v) is 19.9. The highest BCUT2D eigenvalue weighted by molar-refractivity contribution is 7.89. The summed E-state index contributed by atoms with van der Waals surface area (Å²) in [4.78, 5) is -0.0110. The topological polar surface area (TPSA) is 149 Å². The van der Waals surface area contributed by atoms with E-state index in [0.29, 0.717) is 0 Å². The predicted octanol–water partition coefficient (Wildman–Crippen LogP) is 8.94. The molecule has 7 aromatic rings. The van der Waals surface area contributed by atoms with Crippen LogP contribution in [0.3, 0.4) is 0 Å². The van der Waals surface area contributed by atoms with Crippen LogP contribution in [0.4, 0.5) is 0 Å². The Bertz CT molecular complexity index is 2790. The van der Waals surface area contributed by atoms with Gasteiger partial charge in [0.15, 0.2) is 12.6 Å². The number of benzene rings is 7. The molecule has 7 aromatic carbocycles. The van der Waals surface area contributed by atoms with Crippen molar-refractivity contribution in [3.8, 4) is 0 Å². The summed E-state index contributed by atoms with van der Waals surface area (Å²) in [5.74, 6) is 0. The fourth-order valence-corrected chi connectivity index (χ4v) is 10.3. The van der Waals surface area contributed by atoms with Crippen LogP contribution in [0.5, 0.6) is 0 Å². The van der Waals surface area contributed by atoms with E-state index in [0.717, 1.165) is 33.4 Å². The molecule has 10 atom stereocenters. The van der Waals surface area contributed by atoms with Gasteiger partial charge in [-0.2, -0.15) is 0 Å². The minimum Gasteiger partial charge on any atom is -0.374 e. The molecule has 386 valence electrons. The van der Waals surface area contributed by atoms with Gasteiger partial charge in [-0.25, -0.2) is 13.1 Å². The van der Waals surface area contributed by atoms with Gasteiger partial charge in [0.2, 0.25) is 10.0 Å². The van der Waals surface area contributed by atoms with Crippen LogP contribution in [-0.2, 0) is 92.3 Å². The van der Waals surface area contributed by atoms with Gasteiger partial charge >= 0.3 is 0 Å². The number of rotatable bonds is 25. The zero-order valence-electron chi connectivity index (χ0n) is 41.0. The quantitative estimate of drug-likeness (QED) is 0.0563. The van der Waals surface area contributed by atoms with E-state index in [1.807, 2.05) is 182 Å². The average molecular weight is 1020 g/mol. The third-order valence-corrected chi connectivity index (χ3v) is 14.3. The zero-order chi connectivity index (χ0) is 50.8. The van der Waals surface area contributed by atoms with E-state index in [2.05, 4.69) is 4.72 Å². The van der Waals surface area contributed by atoms with Crippen LogP contribution < -0.4 is 4.72 Å². The number of aliphatic hydroxyl groups is 1. The van der Waals surface area contributed by atoms with Crippen LogP contribution in [0, 0.1) is 0 Å². The van der Waals surface area contributed by atoms with Gasteiger partial charge in [0.1, 0.15) is 48.8 Å². The average Bonchev–Trinajstić information content (AvgIpc) is 3.44. The van der Waals surface area contributed by atoms with Crippen molar-refractivity contribution in [2.24, 2.45) is 0 Å². The molecule has 0 aliphatic carbocycles. The molecule has 74 heavy (non-hydrogen) atoms. The van der Waals surface area contributed by atoms with Crippen LogP contribution in [0.1, 0.15) is 33.4 Å². The summed E-state index contributed by atoms with van der Waals surface area (Å²) < 4.78 is 92.6. The third kappa shape index (κ3) is 14.9. The summed E-state index contributed by atoms with van der Waals surface area (Å²) in [5, 5.41) is 12.0. The van der Waals surface area contributed by atoms with Crippen LogP contribution in [0.15, 0.2) is 217 Å². The number of hydrogen-bond donors (Lipinski definition) is 2. The standard InChI is InChI=1S/C60H63NO12S/c62-59-53(61-74(63,64)50-34-20-7-21-35-50)56(68-39-47-28-14-4-15-29-47)55(52(71-59)43-66-37-45-24-10-2-11-25-45)73-60-58(70-41-49-32-18-6-19-33-49)57(69-40-48-30-16-5-17-31-48)54(67-38-46-26-12-3-13-27-46)51(72-60)42-65-36-44-22-8-1-9-23-44/h1-35,51-62H,36-43H2/t51-,52-,53-,54+,55-,56-,57+,58-,59?,60+/m1/s1. The summed E-state index contributed by atoms with van der Waals surface area (Å²) in [5.41, 5.74) is 5.43. The van der Waals surface area contributed by atoms with Crippen molar-refractivity contribution >= 4 is 10.0 Å². The van der Waals surface area contributed by atoms with E-state index in [-0.39, 0.29) is 57.8 Å². The Morgan fingerprint density at radius 3 is 1.15 bits per heavy atom. The zero-order valence-corrected chi connectivity index (χ0v) is 41.8. The minimum absolute atomic E-state index is 0.0110. The summed E-state index contributed by atoms with van der Waals surface area (Å²) in [6, 6.07) is 65.0. The molecule has 2 aliphatic heterocycles. The Morgan fingerprint density at radius 1 is 0.392 bits per heavy atom. The monoisotopic (exact) mass is 1020 g/mol. The lowest BCUT2D eigenvalue weighted by Crippen LogP contribution is -2.68. The molecule has 2 N–H and O–H groups in total. The van der Waals surface area contributed by atoms with Crippen molar-refractivity contribution in [1.82, 2.24) is 4.72 Å². The Balaban J connectivity index is 1.12. The molecule has 0 amide bonds. The lowest BCUT2D eigenvalue weighted by Gasteiger charge is -2.50. The van der Waals surface area contributed by atoms with E-state index in [1.54, 1.807) is 18.2 Å². The number of aliphatic hydroxyl groups excluding tert-OH is 1. The molecule has 0 radical (unpaired) electrons. The second kappa shape index (κ2) is 27.0. The molecule has 2 heterocycles. The maximum absolute atomic E-state index is 14.2. The van der Waals surface area contributed by atoms with Crippen molar-refractivity contribution in [2.75, 3.05) is 13.2 Å². The van der Waals surface area contributed by atoms with Crippen molar-refractivity contribution in [3.05, 3.63) is 246 Å². The number of hydrogen-bond acceptors (Lipinski definition) is 12. The van der Waals surface area contributed by atoms with Crippen LogP contribution in [-0.4, -0.2) is 88.1 Å². The SMILES string of the molecule is O=S(=O)(N[C@H]1C(O)O[C@H](COCc2ccccc2)[C@@H](O[C@@H]2O[C@H](COCc3ccccc3)[C@H](OCc3ccccc3)[C@H](OCc3ccccc3)[C@H]2OCc2ccccc2)[C@@H]1OCc1ccccc1)c1ccccc1. The Hall–Kier alpha value is -5.95. The first kappa shape index (κ1) is 52.9. The minimum atomic E-state index is -4.27. The molecule has 0 aromatic heterocycles. The van der Waals surface area contributed by atoms with E-state index in [4.69, 9.17) is 42.6 Å². The molecule has 2 fully saturated rings. The molecular weight excluding hydrogens is 959 g/mol. The molecule has 14 heteroatoms. The highest BCUT2D eigenvalue weighted by Gasteiger charge is 2.54. The van der Waals surface area contributed by atoms with Crippen LogP contribution in [0.2, 0.25) is 0 Å². The van der Waals surface area contributed by atoms with Crippen LogP contribution >= 0.6 is 0 Å². The molecule has 9 rings (SSSR count). The predicted molar refractivity (Wildman–Crippen MR) is 277 cm³/mol. The Kier molecular flexibility index (Phi) is 19.3. The van der Waals surface area contributed by atoms with Crippen LogP contribution in [0.25, 0.3) is 0 Å². The lowest BCUT2D eigenvalue weighted by molar-refractivity contribution is -0.363. The first-order valence-electron chi connectivity index (χ1n) is 24.9. The molecule has 2 saturated heterocycles. The molecule has 0 bridgehead atoms. The van der Waals surface area contributed by atoms with Gasteiger partial charge in [0, 0.05) is 0 Å². The maximum atomic E-state index is 14.2. The maximum Gasteiger partial charge on any atom is 0.241 e. The number of sulfonamides is 1. The molecule has 2 aliphatic rings. The van der Waals surface area contributed by atoms with Gasteiger partial charge in [0.25, 0.3) is 0 Å². The van der Waals surface area contributed by atoms with Gasteiger partial charge in [-0.3, -0.25) is 0 Å². The third-order valence-electron chi connectivity index (χ3n) is 12.8. The second-order valence-electron chi connectivity index (χ2n) is 18.2. The van der Waals surface area contributed by atoms with Gasteiger partial charge in [-0.05, 0) is 45.5 Å². The highest BCUT2D eigenvalue weighted by Crippen LogP contribution is 2.36. The van der Waals surface area contributed by atoms with E-state index >= 15 is 0 Å². The summed E-state index contributed by atoms with van der Waals surface area (Å²) in [6.45, 7) is 1.03. The largest absolute Gasteiger partial charge is 0.374 e. The first-order chi connectivity index (χ1) is 36.4. The molecular formula is C60H63NO12S. The Morgan fingerprint density at radius 2 is 0.730 bits per heavy atom. The van der Waals surface area contributed by atoms with Crippen molar-refractivity contribution in [2.45, 2.75) is 106 Å². The number of ether oxygens (including phenoxy) is 9. The smallest absolute Gasteiger partial charge is 0.241 e. The van der Waals surface area contributed by atoms with Crippen molar-refractivity contribution < 1.29 is 56.2 Å². The Labute approximate surface area is 433 Å². The fraction of sp³-hybridized carbons (Fsp3) is 0.300. The molecule has 0 saturated carbocycles. The van der Waals surface area contributed by atoms with Gasteiger partial charge in [0.05, 0.1) is 57.8 Å². The van der Waals surface area contributed by atoms with Crippen molar-refractivity contribution in [1.29, 1.82) is 0 Å². The van der Waals surface area contributed by atoms with E-state index in [9.17, 15) is 13.5 Å². The van der Waals surface area contributed by atoms with Gasteiger partial charge < -0.3 is 47.7 Å². The van der Waals surface area contributed by atoms with Crippen molar-refractivity contribution in [3.63, 3.8) is 0 Å². The van der Waals surface area contributed by atoms with Gasteiger partial charge in [-0.15, -0.1) is 0 Å². The van der Waals surface area contributed by atoms with Gasteiger partial charge in [-0.1, -0.05) is 200 Å². The summed E-state index contributed by atoms with van der Waals surface area (Å²) in [6.07, 6.45) is -9.88. The van der Waals surface area contributed by atoms with E-state index in [1.165, 1.54) is 12.1 Å². The molecule has 13 nitrogen and oxygen atoms in total. The highest BCUT2D eigenvalue weighted by atomic mass is 32.2. The fourth-order valence-electron chi connectivity index (χ4n) is 9.03. The first-order valence-corrected chi connectivity index (χ1v) is 26.4. The lowest BCUT2D eigenvalue weighted by atomic mass is 9.95. The molecule has 0 spiro atoms. The summed E-state index contributed by atoms with van der Waals surface area (Å²) in [7, 11) is -4.27. The number of nitrogens with one attached hydrogen (secondary N) is 1.